The average molecular weight is 431 g/mol. The third kappa shape index (κ3) is 3.75. The van der Waals surface area contributed by atoms with Gasteiger partial charge in [0.05, 0.1) is 13.2 Å². The lowest BCUT2D eigenvalue weighted by Crippen LogP contribution is -2.33. The summed E-state index contributed by atoms with van der Waals surface area (Å²) in [5, 5.41) is 2.84. The molecule has 0 aliphatic carbocycles. The molecule has 2 amide bonds. The van der Waals surface area contributed by atoms with Crippen LogP contribution in [0.3, 0.4) is 0 Å². The summed E-state index contributed by atoms with van der Waals surface area (Å²) < 4.78 is 20.5. The molecule has 3 heterocycles. The van der Waals surface area contributed by atoms with Gasteiger partial charge in [-0.1, -0.05) is 0 Å². The molecule has 1 saturated heterocycles. The molecule has 2 aromatic heterocycles. The lowest BCUT2D eigenvalue weighted by atomic mass is 10.2. The van der Waals surface area contributed by atoms with Gasteiger partial charge in [0.2, 0.25) is 0 Å². The molecule has 8 heteroatoms. The Morgan fingerprint density at radius 1 is 1.12 bits per heavy atom. The van der Waals surface area contributed by atoms with E-state index in [9.17, 15) is 9.18 Å². The molecular weight excluding hydrogens is 409 g/mol. The number of ether oxygens (including phenoxy) is 1. The molecule has 1 N–H and O–H groups in total. The van der Waals surface area contributed by atoms with Crippen molar-refractivity contribution in [3.05, 3.63) is 72.7 Å². The van der Waals surface area contributed by atoms with Crippen molar-refractivity contribution in [2.45, 2.75) is 12.5 Å². The Kier molecular flexibility index (Phi) is 5.18. The Balaban J connectivity index is 1.43. The first-order valence-electron chi connectivity index (χ1n) is 10.4. The second kappa shape index (κ2) is 8.30. The number of methoxy groups -OCH3 is 1. The summed E-state index contributed by atoms with van der Waals surface area (Å²) in [4.78, 5) is 23.9. The number of nitrogens with zero attached hydrogens (tertiary/aromatic N) is 4. The Hall–Kier alpha value is -3.94. The van der Waals surface area contributed by atoms with Crippen LogP contribution in [0, 0.1) is 5.82 Å². The zero-order valence-electron chi connectivity index (χ0n) is 17.5. The molecule has 0 radical (unpaired) electrons. The summed E-state index contributed by atoms with van der Waals surface area (Å²) in [7, 11) is 1.64. The monoisotopic (exact) mass is 431 g/mol. The Morgan fingerprint density at radius 2 is 1.91 bits per heavy atom. The lowest BCUT2D eigenvalue weighted by Gasteiger charge is -2.19. The van der Waals surface area contributed by atoms with Crippen LogP contribution in [-0.4, -0.2) is 45.7 Å². The van der Waals surface area contributed by atoms with Gasteiger partial charge >= 0.3 is 6.03 Å². The summed E-state index contributed by atoms with van der Waals surface area (Å²) in [5.41, 5.74) is 3.13. The first kappa shape index (κ1) is 20.0. The van der Waals surface area contributed by atoms with Crippen LogP contribution in [0.1, 0.15) is 12.5 Å². The standard InChI is InChI=1S/C24H22FN5O2/c1-32-20-10-4-16(5-11-20)22-28-21-3-2-13-26-23(21)30(22)19-12-14-29(15-19)24(31)27-18-8-6-17(25)7-9-18/h2-11,13,19H,12,14-15H2,1H3,(H,27,31)/t19-/m1/s1. The van der Waals surface area contributed by atoms with E-state index in [1.165, 1.54) is 12.1 Å². The lowest BCUT2D eigenvalue weighted by molar-refractivity contribution is 0.221. The van der Waals surface area contributed by atoms with Crippen LogP contribution < -0.4 is 10.1 Å². The molecule has 2 aromatic carbocycles. The zero-order valence-corrected chi connectivity index (χ0v) is 17.5. The van der Waals surface area contributed by atoms with Crippen molar-refractivity contribution >= 4 is 22.9 Å². The molecule has 7 nitrogen and oxygen atoms in total. The van der Waals surface area contributed by atoms with E-state index in [1.807, 2.05) is 36.4 Å². The number of benzene rings is 2. The maximum Gasteiger partial charge on any atom is 0.321 e. The van der Waals surface area contributed by atoms with E-state index < -0.39 is 0 Å². The topological polar surface area (TPSA) is 72.3 Å². The maximum atomic E-state index is 13.1. The second-order valence-corrected chi connectivity index (χ2v) is 7.71. The zero-order chi connectivity index (χ0) is 22.1. The van der Waals surface area contributed by atoms with Crippen molar-refractivity contribution in [3.63, 3.8) is 0 Å². The fraction of sp³-hybridized carbons (Fsp3) is 0.208. The van der Waals surface area contributed by atoms with E-state index in [-0.39, 0.29) is 17.9 Å². The molecular formula is C24H22FN5O2. The number of hydrogen-bond acceptors (Lipinski definition) is 4. The molecule has 1 atom stereocenters. The number of urea groups is 1. The number of fused-ring (bicyclic) bond motifs is 1. The van der Waals surface area contributed by atoms with Crippen LogP contribution in [-0.2, 0) is 0 Å². The minimum Gasteiger partial charge on any atom is -0.497 e. The Morgan fingerprint density at radius 3 is 2.66 bits per heavy atom. The van der Waals surface area contributed by atoms with Crippen molar-refractivity contribution in [1.29, 1.82) is 0 Å². The highest BCUT2D eigenvalue weighted by Crippen LogP contribution is 2.33. The van der Waals surface area contributed by atoms with Gasteiger partial charge in [0.15, 0.2) is 5.65 Å². The molecule has 0 bridgehead atoms. The highest BCUT2D eigenvalue weighted by Gasteiger charge is 2.31. The van der Waals surface area contributed by atoms with Crippen molar-refractivity contribution in [2.75, 3.05) is 25.5 Å². The van der Waals surface area contributed by atoms with Gasteiger partial charge in [-0.2, -0.15) is 0 Å². The van der Waals surface area contributed by atoms with Crippen LogP contribution in [0.15, 0.2) is 66.9 Å². The third-order valence-corrected chi connectivity index (χ3v) is 5.71. The van der Waals surface area contributed by atoms with Gasteiger partial charge in [0, 0.05) is 30.5 Å². The highest BCUT2D eigenvalue weighted by atomic mass is 19.1. The van der Waals surface area contributed by atoms with Crippen molar-refractivity contribution in [3.8, 4) is 17.1 Å². The summed E-state index contributed by atoms with van der Waals surface area (Å²) in [6.45, 7) is 1.13. The van der Waals surface area contributed by atoms with Gasteiger partial charge in [-0.05, 0) is 67.1 Å². The minimum atomic E-state index is -0.338. The van der Waals surface area contributed by atoms with E-state index in [0.717, 1.165) is 34.7 Å². The first-order valence-corrected chi connectivity index (χ1v) is 10.4. The summed E-state index contributed by atoms with van der Waals surface area (Å²) in [5.74, 6) is 1.25. The number of aromatic nitrogens is 3. The quantitative estimate of drug-likeness (QED) is 0.507. The van der Waals surface area contributed by atoms with E-state index in [0.29, 0.717) is 18.8 Å². The van der Waals surface area contributed by atoms with Gasteiger partial charge in [0.25, 0.3) is 0 Å². The number of anilines is 1. The number of hydrogen-bond donors (Lipinski definition) is 1. The van der Waals surface area contributed by atoms with E-state index in [2.05, 4.69) is 14.9 Å². The summed E-state index contributed by atoms with van der Waals surface area (Å²) in [6, 6.07) is 17.2. The number of nitrogens with one attached hydrogen (secondary N) is 1. The molecule has 1 fully saturated rings. The first-order chi connectivity index (χ1) is 15.6. The number of pyridine rings is 1. The van der Waals surface area contributed by atoms with Gasteiger partial charge in [-0.3, -0.25) is 0 Å². The molecule has 162 valence electrons. The molecule has 0 spiro atoms. The molecule has 1 aliphatic heterocycles. The highest BCUT2D eigenvalue weighted by molar-refractivity contribution is 5.89. The van der Waals surface area contributed by atoms with Gasteiger partial charge in [0.1, 0.15) is 22.9 Å². The smallest absolute Gasteiger partial charge is 0.321 e. The molecule has 4 aromatic rings. The van der Waals surface area contributed by atoms with Crippen molar-refractivity contribution in [1.82, 2.24) is 19.4 Å². The number of amides is 2. The predicted octanol–water partition coefficient (Wildman–Crippen LogP) is 4.72. The van der Waals surface area contributed by atoms with Crippen LogP contribution in [0.25, 0.3) is 22.6 Å². The van der Waals surface area contributed by atoms with Crippen LogP contribution >= 0.6 is 0 Å². The Labute approximate surface area is 184 Å². The third-order valence-electron chi connectivity index (χ3n) is 5.71. The molecule has 0 unspecified atom stereocenters. The molecule has 5 rings (SSSR count). The van der Waals surface area contributed by atoms with Crippen LogP contribution in [0.2, 0.25) is 0 Å². The number of halogens is 1. The van der Waals surface area contributed by atoms with Gasteiger partial charge < -0.3 is 19.5 Å². The Bertz CT molecular complexity index is 1250. The van der Waals surface area contributed by atoms with Crippen LogP contribution in [0.5, 0.6) is 5.75 Å². The largest absolute Gasteiger partial charge is 0.497 e. The maximum absolute atomic E-state index is 13.1. The van der Waals surface area contributed by atoms with Gasteiger partial charge in [-0.15, -0.1) is 0 Å². The average Bonchev–Trinajstić information content (AvgIpc) is 3.45. The number of carbonyl (C=O) groups excluding carboxylic acids is 1. The van der Waals surface area contributed by atoms with Crippen molar-refractivity contribution < 1.29 is 13.9 Å². The molecule has 32 heavy (non-hydrogen) atoms. The normalized spacial score (nSPS) is 15.8. The predicted molar refractivity (Wildman–Crippen MR) is 120 cm³/mol. The number of rotatable bonds is 4. The number of carbonyl (C=O) groups is 1. The SMILES string of the molecule is COc1ccc(-c2nc3cccnc3n2[C@@H]2CCN(C(=O)Nc3ccc(F)cc3)C2)cc1. The van der Waals surface area contributed by atoms with Crippen molar-refractivity contribution in [2.24, 2.45) is 0 Å². The number of likely N-dealkylation sites (tertiary alicyclic amines) is 1. The molecule has 1 aliphatic rings. The van der Waals surface area contributed by atoms with E-state index in [4.69, 9.17) is 9.72 Å². The minimum absolute atomic E-state index is 0.0333. The molecule has 0 saturated carbocycles. The second-order valence-electron chi connectivity index (χ2n) is 7.71. The number of imidazole rings is 1. The fourth-order valence-corrected chi connectivity index (χ4v) is 4.09. The fourth-order valence-electron chi connectivity index (χ4n) is 4.09. The van der Waals surface area contributed by atoms with E-state index >= 15 is 0 Å². The summed E-state index contributed by atoms with van der Waals surface area (Å²) >= 11 is 0. The summed E-state index contributed by atoms with van der Waals surface area (Å²) in [6.07, 6.45) is 2.54. The van der Waals surface area contributed by atoms with Crippen LogP contribution in [0.4, 0.5) is 14.9 Å². The van der Waals surface area contributed by atoms with E-state index in [1.54, 1.807) is 30.3 Å². The van der Waals surface area contributed by atoms with Gasteiger partial charge in [-0.25, -0.2) is 19.2 Å².